The van der Waals surface area contributed by atoms with Crippen LogP contribution in [0.15, 0.2) is 76.6 Å². The molecule has 0 N–H and O–H groups in total. The summed E-state index contributed by atoms with van der Waals surface area (Å²) in [6, 6.07) is 19.4. The summed E-state index contributed by atoms with van der Waals surface area (Å²) < 4.78 is 10.5. The zero-order valence-electron chi connectivity index (χ0n) is 18.8. The van der Waals surface area contributed by atoms with Crippen LogP contribution in [0.2, 0.25) is 10.0 Å². The summed E-state index contributed by atoms with van der Waals surface area (Å²) in [4.78, 5) is 30.9. The Bertz CT molecular complexity index is 1320. The molecule has 9 heteroatoms. The van der Waals surface area contributed by atoms with E-state index in [4.69, 9.17) is 32.7 Å². The largest absolute Gasteiger partial charge is 0.487 e. The molecule has 0 atom stereocenters. The Labute approximate surface area is 217 Å². The number of aliphatic imine (C=N–C) groups is 1. The van der Waals surface area contributed by atoms with Gasteiger partial charge in [0.1, 0.15) is 12.4 Å². The number of methoxy groups -OCH3 is 1. The fraction of sp³-hybridized carbons (Fsp3) is 0.115. The quantitative estimate of drug-likeness (QED) is 0.267. The first-order valence-corrected chi connectivity index (χ1v) is 12.0. The molecule has 1 amide bonds. The Morgan fingerprint density at radius 3 is 2.43 bits per heavy atom. The third kappa shape index (κ3) is 6.06. The molecule has 1 aliphatic rings. The van der Waals surface area contributed by atoms with E-state index >= 15 is 0 Å². The van der Waals surface area contributed by atoms with Crippen molar-refractivity contribution in [2.24, 2.45) is 4.99 Å². The number of hydrogen-bond donors (Lipinski definition) is 0. The van der Waals surface area contributed by atoms with Crippen LogP contribution in [0.5, 0.6) is 5.75 Å². The molecule has 0 saturated carbocycles. The maximum Gasteiger partial charge on any atom is 0.337 e. The molecule has 4 rings (SSSR count). The van der Waals surface area contributed by atoms with Gasteiger partial charge < -0.3 is 9.47 Å². The number of thioether (sulfide) groups is 1. The number of amidine groups is 1. The van der Waals surface area contributed by atoms with E-state index in [9.17, 15) is 9.59 Å². The van der Waals surface area contributed by atoms with E-state index in [1.165, 1.54) is 23.8 Å². The van der Waals surface area contributed by atoms with E-state index in [0.717, 1.165) is 11.1 Å². The van der Waals surface area contributed by atoms with Crippen LogP contribution in [0, 0.1) is 0 Å². The van der Waals surface area contributed by atoms with Crippen molar-refractivity contribution in [1.29, 1.82) is 0 Å². The van der Waals surface area contributed by atoms with E-state index in [1.54, 1.807) is 61.7 Å². The molecule has 3 aromatic carbocycles. The first-order valence-electron chi connectivity index (χ1n) is 10.5. The molecule has 0 aliphatic carbocycles. The standard InChI is InChI=1S/C26H20Cl2N2O4S/c1-30-24(31)23(35-26(30)29-20-10-6-18(7-11-20)25(32)33-2)14-17-5-12-22(21(28)13-17)34-15-16-3-8-19(27)9-4-16/h3-14H,15H2,1-2H3/b23-14-,29-26?. The molecule has 1 heterocycles. The van der Waals surface area contributed by atoms with Gasteiger partial charge in [-0.25, -0.2) is 9.79 Å². The number of esters is 1. The van der Waals surface area contributed by atoms with E-state index in [1.807, 2.05) is 18.2 Å². The second-order valence-corrected chi connectivity index (χ2v) is 9.37. The highest BCUT2D eigenvalue weighted by atomic mass is 35.5. The van der Waals surface area contributed by atoms with Gasteiger partial charge in [0, 0.05) is 12.1 Å². The SMILES string of the molecule is COC(=O)c1ccc(N=C2S/C(=C\c3ccc(OCc4ccc(Cl)cc4)c(Cl)c3)C(=O)N2C)cc1. The lowest BCUT2D eigenvalue weighted by molar-refractivity contribution is -0.121. The number of amides is 1. The number of hydrogen-bond acceptors (Lipinski definition) is 6. The summed E-state index contributed by atoms with van der Waals surface area (Å²) in [7, 11) is 2.99. The van der Waals surface area contributed by atoms with Crippen molar-refractivity contribution in [2.45, 2.75) is 6.61 Å². The molecule has 0 radical (unpaired) electrons. The van der Waals surface area contributed by atoms with Crippen molar-refractivity contribution in [1.82, 2.24) is 4.90 Å². The third-order valence-electron chi connectivity index (χ3n) is 5.08. The van der Waals surface area contributed by atoms with Crippen LogP contribution < -0.4 is 4.74 Å². The van der Waals surface area contributed by atoms with Gasteiger partial charge in [-0.15, -0.1) is 0 Å². The average Bonchev–Trinajstić information content (AvgIpc) is 3.12. The first-order chi connectivity index (χ1) is 16.8. The summed E-state index contributed by atoms with van der Waals surface area (Å²) in [6.07, 6.45) is 1.77. The highest BCUT2D eigenvalue weighted by Crippen LogP contribution is 2.34. The van der Waals surface area contributed by atoms with Crippen molar-refractivity contribution >= 4 is 63.8 Å². The van der Waals surface area contributed by atoms with Gasteiger partial charge in [-0.3, -0.25) is 9.69 Å². The minimum absolute atomic E-state index is 0.167. The van der Waals surface area contributed by atoms with Gasteiger partial charge in [0.15, 0.2) is 5.17 Å². The van der Waals surface area contributed by atoms with Gasteiger partial charge >= 0.3 is 5.97 Å². The zero-order valence-corrected chi connectivity index (χ0v) is 21.2. The van der Waals surface area contributed by atoms with E-state index in [-0.39, 0.29) is 5.91 Å². The highest BCUT2D eigenvalue weighted by Gasteiger charge is 2.30. The van der Waals surface area contributed by atoms with Crippen LogP contribution in [0.25, 0.3) is 6.08 Å². The normalized spacial score (nSPS) is 15.7. The number of carbonyl (C=O) groups is 2. The Morgan fingerprint density at radius 1 is 1.06 bits per heavy atom. The summed E-state index contributed by atoms with van der Waals surface area (Å²) in [5.74, 6) is -0.0416. The number of benzene rings is 3. The van der Waals surface area contributed by atoms with Crippen LogP contribution in [-0.4, -0.2) is 36.1 Å². The molecule has 0 aromatic heterocycles. The van der Waals surface area contributed by atoms with Gasteiger partial charge in [-0.1, -0.05) is 41.4 Å². The lowest BCUT2D eigenvalue weighted by atomic mass is 10.2. The number of rotatable bonds is 6. The van der Waals surface area contributed by atoms with Crippen LogP contribution in [0.3, 0.4) is 0 Å². The zero-order chi connectivity index (χ0) is 24.9. The maximum atomic E-state index is 12.8. The molecule has 35 heavy (non-hydrogen) atoms. The van der Waals surface area contributed by atoms with Crippen molar-refractivity contribution in [3.8, 4) is 5.75 Å². The maximum absolute atomic E-state index is 12.8. The summed E-state index contributed by atoms with van der Waals surface area (Å²) >= 11 is 13.6. The first kappa shape index (κ1) is 24.9. The van der Waals surface area contributed by atoms with Crippen molar-refractivity contribution in [3.05, 3.63) is 98.4 Å². The predicted octanol–water partition coefficient (Wildman–Crippen LogP) is 6.59. The lowest BCUT2D eigenvalue weighted by Crippen LogP contribution is -2.23. The molecule has 1 aliphatic heterocycles. The van der Waals surface area contributed by atoms with Gasteiger partial charge in [0.25, 0.3) is 5.91 Å². The minimum Gasteiger partial charge on any atom is -0.487 e. The third-order valence-corrected chi connectivity index (χ3v) is 6.69. The smallest absolute Gasteiger partial charge is 0.337 e. The van der Waals surface area contributed by atoms with Crippen LogP contribution >= 0.6 is 35.0 Å². The van der Waals surface area contributed by atoms with Gasteiger partial charge in [0.05, 0.1) is 28.3 Å². The molecule has 6 nitrogen and oxygen atoms in total. The molecule has 1 fully saturated rings. The molecule has 1 saturated heterocycles. The van der Waals surface area contributed by atoms with E-state index < -0.39 is 5.97 Å². The fourth-order valence-corrected chi connectivity index (χ4v) is 4.53. The Balaban J connectivity index is 1.46. The molecule has 0 bridgehead atoms. The van der Waals surface area contributed by atoms with Gasteiger partial charge in [0.2, 0.25) is 0 Å². The number of ether oxygens (including phenoxy) is 2. The van der Waals surface area contributed by atoms with Crippen LogP contribution in [-0.2, 0) is 16.1 Å². The number of nitrogens with zero attached hydrogens (tertiary/aromatic N) is 2. The second kappa shape index (κ2) is 11.0. The molecule has 0 unspecified atom stereocenters. The Kier molecular flexibility index (Phi) is 7.80. The fourth-order valence-electron chi connectivity index (χ4n) is 3.17. The summed E-state index contributed by atoms with van der Waals surface area (Å²) in [5, 5.41) is 1.64. The molecule has 3 aromatic rings. The van der Waals surface area contributed by atoms with Crippen molar-refractivity contribution < 1.29 is 19.1 Å². The second-order valence-electron chi connectivity index (χ2n) is 7.51. The van der Waals surface area contributed by atoms with Crippen molar-refractivity contribution in [3.63, 3.8) is 0 Å². The Morgan fingerprint density at radius 2 is 1.77 bits per heavy atom. The van der Waals surface area contributed by atoms with E-state index in [0.29, 0.717) is 43.7 Å². The average molecular weight is 527 g/mol. The van der Waals surface area contributed by atoms with E-state index in [2.05, 4.69) is 4.99 Å². The summed E-state index contributed by atoms with van der Waals surface area (Å²) in [6.45, 7) is 0.358. The molecule has 178 valence electrons. The lowest BCUT2D eigenvalue weighted by Gasteiger charge is -2.09. The van der Waals surface area contributed by atoms with Crippen molar-refractivity contribution in [2.75, 3.05) is 14.2 Å². The number of halogens is 2. The molecule has 0 spiro atoms. The molecular formula is C26H20Cl2N2O4S. The van der Waals surface area contributed by atoms with Gasteiger partial charge in [-0.05, 0) is 77.5 Å². The highest BCUT2D eigenvalue weighted by molar-refractivity contribution is 8.18. The van der Waals surface area contributed by atoms with Crippen LogP contribution in [0.4, 0.5) is 5.69 Å². The predicted molar refractivity (Wildman–Crippen MR) is 140 cm³/mol. The monoisotopic (exact) mass is 526 g/mol. The molecular weight excluding hydrogens is 507 g/mol. The minimum atomic E-state index is -0.419. The van der Waals surface area contributed by atoms with Gasteiger partial charge in [-0.2, -0.15) is 0 Å². The van der Waals surface area contributed by atoms with Crippen LogP contribution in [0.1, 0.15) is 21.5 Å². The number of carbonyl (C=O) groups excluding carboxylic acids is 2. The Hall–Kier alpha value is -3.26. The topological polar surface area (TPSA) is 68.2 Å². The summed E-state index contributed by atoms with van der Waals surface area (Å²) in [5.41, 5.74) is 2.78. The number of likely N-dealkylation sites (N-methyl/N-ethyl adjacent to an activating group) is 1.